The second-order valence-corrected chi connectivity index (χ2v) is 11.2. The second kappa shape index (κ2) is 12.1. The Bertz CT molecular complexity index is 1720. The number of thiophene rings is 1. The molecule has 1 atom stereocenters. The molecular formula is C31H30N2O5S2. The van der Waals surface area contributed by atoms with Gasteiger partial charge in [0.1, 0.15) is 6.04 Å². The molecule has 206 valence electrons. The highest BCUT2D eigenvalue weighted by Gasteiger charge is 2.35. The summed E-state index contributed by atoms with van der Waals surface area (Å²) in [6, 6.07) is 18.3. The zero-order valence-corrected chi connectivity index (χ0v) is 24.4. The Balaban J connectivity index is 1.72. The number of thiazole rings is 1. The van der Waals surface area contributed by atoms with Crippen molar-refractivity contribution in [2.24, 2.45) is 4.99 Å². The highest BCUT2D eigenvalue weighted by Crippen LogP contribution is 2.37. The standard InChI is InChI=1S/C31H30N2O5S2/c1-5-36-23-17-20(14-15-22(23)38-19(3)4)18-25-29(34)33-28(24-13-10-16-39-24)26(30(35)37-6-2)27(32-31(33)40-25)21-11-8-7-9-12-21/h7-19,28H,5-6H2,1-4H3/b25-18-/t28-/m1/s1. The van der Waals surface area contributed by atoms with E-state index in [2.05, 4.69) is 0 Å². The highest BCUT2D eigenvalue weighted by molar-refractivity contribution is 7.10. The third kappa shape index (κ3) is 5.52. The fourth-order valence-corrected chi connectivity index (χ4v) is 6.37. The number of carbonyl (C=O) groups is 1. The summed E-state index contributed by atoms with van der Waals surface area (Å²) >= 11 is 2.78. The van der Waals surface area contributed by atoms with Crippen molar-refractivity contribution in [3.8, 4) is 11.5 Å². The first kappa shape index (κ1) is 27.6. The number of benzene rings is 2. The molecule has 1 aliphatic rings. The number of esters is 1. The molecule has 0 aliphatic carbocycles. The van der Waals surface area contributed by atoms with Gasteiger partial charge in [0, 0.05) is 10.4 Å². The van der Waals surface area contributed by atoms with Gasteiger partial charge in [0.25, 0.3) is 5.56 Å². The van der Waals surface area contributed by atoms with Crippen molar-refractivity contribution >= 4 is 40.4 Å². The third-order valence-electron chi connectivity index (χ3n) is 6.11. The maximum absolute atomic E-state index is 14.0. The van der Waals surface area contributed by atoms with E-state index in [1.165, 1.54) is 22.7 Å². The first-order valence-electron chi connectivity index (χ1n) is 13.2. The molecule has 0 saturated carbocycles. The lowest BCUT2D eigenvalue weighted by Gasteiger charge is -2.24. The molecule has 2 aromatic carbocycles. The van der Waals surface area contributed by atoms with Crippen LogP contribution in [-0.4, -0.2) is 29.9 Å². The van der Waals surface area contributed by atoms with Crippen molar-refractivity contribution < 1.29 is 19.0 Å². The lowest BCUT2D eigenvalue weighted by atomic mass is 9.97. The topological polar surface area (TPSA) is 79.1 Å². The molecule has 9 heteroatoms. The van der Waals surface area contributed by atoms with Crippen molar-refractivity contribution in [1.82, 2.24) is 4.57 Å². The molecule has 3 heterocycles. The highest BCUT2D eigenvalue weighted by atomic mass is 32.1. The first-order valence-corrected chi connectivity index (χ1v) is 14.9. The molecule has 0 N–H and O–H groups in total. The van der Waals surface area contributed by atoms with Crippen molar-refractivity contribution in [3.63, 3.8) is 0 Å². The number of nitrogens with zero attached hydrogens (tertiary/aromatic N) is 2. The van der Waals surface area contributed by atoms with E-state index in [4.69, 9.17) is 19.2 Å². The number of ether oxygens (including phenoxy) is 3. The zero-order chi connectivity index (χ0) is 28.2. The van der Waals surface area contributed by atoms with E-state index in [0.717, 1.165) is 16.0 Å². The number of carbonyl (C=O) groups excluding carboxylic acids is 1. The molecule has 0 bridgehead atoms. The van der Waals surface area contributed by atoms with E-state index in [1.54, 1.807) is 11.5 Å². The van der Waals surface area contributed by atoms with Crippen LogP contribution in [0, 0.1) is 0 Å². The van der Waals surface area contributed by atoms with Crippen LogP contribution in [0.4, 0.5) is 0 Å². The normalized spacial score (nSPS) is 15.1. The summed E-state index contributed by atoms with van der Waals surface area (Å²) in [4.78, 5) is 33.7. The molecule has 0 amide bonds. The Hall–Kier alpha value is -3.95. The van der Waals surface area contributed by atoms with Crippen LogP contribution < -0.4 is 24.4 Å². The monoisotopic (exact) mass is 574 g/mol. The molecule has 0 spiro atoms. The second-order valence-electron chi connectivity index (χ2n) is 9.25. The Kier molecular flexibility index (Phi) is 8.32. The van der Waals surface area contributed by atoms with Crippen LogP contribution in [0.1, 0.15) is 49.7 Å². The van der Waals surface area contributed by atoms with Gasteiger partial charge in [0.05, 0.1) is 35.1 Å². The van der Waals surface area contributed by atoms with E-state index >= 15 is 0 Å². The van der Waals surface area contributed by atoms with Gasteiger partial charge in [-0.3, -0.25) is 9.36 Å². The number of aromatic nitrogens is 1. The third-order valence-corrected chi connectivity index (χ3v) is 8.02. The van der Waals surface area contributed by atoms with Gasteiger partial charge in [-0.25, -0.2) is 9.79 Å². The van der Waals surface area contributed by atoms with E-state index in [-0.39, 0.29) is 18.3 Å². The van der Waals surface area contributed by atoms with Gasteiger partial charge in [-0.15, -0.1) is 11.3 Å². The number of hydrogen-bond donors (Lipinski definition) is 0. The lowest BCUT2D eigenvalue weighted by molar-refractivity contribution is -0.138. The van der Waals surface area contributed by atoms with Gasteiger partial charge in [-0.1, -0.05) is 53.8 Å². The number of fused-ring (bicyclic) bond motifs is 1. The van der Waals surface area contributed by atoms with Crippen LogP contribution >= 0.6 is 22.7 Å². The Morgan fingerprint density at radius 1 is 1.05 bits per heavy atom. The summed E-state index contributed by atoms with van der Waals surface area (Å²) in [5, 5.41) is 1.94. The largest absolute Gasteiger partial charge is 0.490 e. The summed E-state index contributed by atoms with van der Waals surface area (Å²) in [6.45, 7) is 8.31. The van der Waals surface area contributed by atoms with Gasteiger partial charge < -0.3 is 14.2 Å². The molecule has 5 rings (SSSR count). The molecule has 40 heavy (non-hydrogen) atoms. The predicted molar refractivity (Wildman–Crippen MR) is 159 cm³/mol. The quantitative estimate of drug-likeness (QED) is 0.257. The Morgan fingerprint density at radius 2 is 1.85 bits per heavy atom. The molecule has 0 saturated heterocycles. The molecule has 7 nitrogen and oxygen atoms in total. The van der Waals surface area contributed by atoms with Crippen LogP contribution in [0.25, 0.3) is 11.8 Å². The minimum atomic E-state index is -0.659. The van der Waals surface area contributed by atoms with Gasteiger partial charge >= 0.3 is 5.97 Å². The van der Waals surface area contributed by atoms with E-state index < -0.39 is 12.0 Å². The number of rotatable bonds is 9. The minimum absolute atomic E-state index is 0.00148. The molecular weight excluding hydrogens is 544 g/mol. The SMILES string of the molecule is CCOC(=O)C1=C(c2ccccc2)N=c2s/c(=C\c3ccc(OC(C)C)c(OCC)c3)c(=O)n2[C@@H]1c1cccs1. The molecule has 0 fully saturated rings. The summed E-state index contributed by atoms with van der Waals surface area (Å²) in [7, 11) is 0. The van der Waals surface area contributed by atoms with Crippen molar-refractivity contribution in [3.05, 3.63) is 107 Å². The van der Waals surface area contributed by atoms with Gasteiger partial charge in [0.2, 0.25) is 0 Å². The van der Waals surface area contributed by atoms with E-state index in [0.29, 0.717) is 38.7 Å². The molecule has 2 aromatic heterocycles. The molecule has 0 unspecified atom stereocenters. The predicted octanol–water partition coefficient (Wildman–Crippen LogP) is 5.18. The summed E-state index contributed by atoms with van der Waals surface area (Å²) in [5.74, 6) is 0.782. The first-order chi connectivity index (χ1) is 19.4. The lowest BCUT2D eigenvalue weighted by Crippen LogP contribution is -2.39. The van der Waals surface area contributed by atoms with Crippen molar-refractivity contribution in [1.29, 1.82) is 0 Å². The van der Waals surface area contributed by atoms with Gasteiger partial charge in [-0.2, -0.15) is 0 Å². The van der Waals surface area contributed by atoms with E-state index in [1.807, 2.05) is 92.9 Å². The van der Waals surface area contributed by atoms with Crippen molar-refractivity contribution in [2.75, 3.05) is 13.2 Å². The van der Waals surface area contributed by atoms with Gasteiger partial charge in [-0.05, 0) is 62.9 Å². The average molecular weight is 575 g/mol. The Labute approximate surface area is 240 Å². The van der Waals surface area contributed by atoms with Crippen LogP contribution in [0.3, 0.4) is 0 Å². The molecule has 1 aliphatic heterocycles. The maximum Gasteiger partial charge on any atom is 0.338 e. The fraction of sp³-hybridized carbons (Fsp3) is 0.258. The molecule has 4 aromatic rings. The smallest absolute Gasteiger partial charge is 0.338 e. The zero-order valence-electron chi connectivity index (χ0n) is 22.7. The summed E-state index contributed by atoms with van der Waals surface area (Å²) < 4.78 is 19.3. The van der Waals surface area contributed by atoms with Crippen LogP contribution in [0.15, 0.2) is 81.4 Å². The summed E-state index contributed by atoms with van der Waals surface area (Å²) in [5.41, 5.74) is 2.22. The number of hydrogen-bond acceptors (Lipinski definition) is 8. The van der Waals surface area contributed by atoms with E-state index in [9.17, 15) is 9.59 Å². The fourth-order valence-electron chi connectivity index (χ4n) is 4.54. The van der Waals surface area contributed by atoms with Gasteiger partial charge in [0.15, 0.2) is 16.3 Å². The van der Waals surface area contributed by atoms with Crippen LogP contribution in [0.5, 0.6) is 11.5 Å². The minimum Gasteiger partial charge on any atom is -0.490 e. The Morgan fingerprint density at radius 3 is 2.52 bits per heavy atom. The van der Waals surface area contributed by atoms with Crippen molar-refractivity contribution in [2.45, 2.75) is 39.8 Å². The van der Waals surface area contributed by atoms with Crippen LogP contribution in [0.2, 0.25) is 0 Å². The summed E-state index contributed by atoms with van der Waals surface area (Å²) in [6.07, 6.45) is 1.83. The molecule has 0 radical (unpaired) electrons. The van der Waals surface area contributed by atoms with Crippen LogP contribution in [-0.2, 0) is 9.53 Å². The maximum atomic E-state index is 14.0. The average Bonchev–Trinajstić information content (AvgIpc) is 3.58.